The number of fused-ring (bicyclic) bond motifs is 2. The van der Waals surface area contributed by atoms with Gasteiger partial charge in [-0.05, 0) is 62.4 Å². The second-order valence-corrected chi connectivity index (χ2v) is 12.0. The number of nitrogen functional groups attached to an aromatic ring is 1. The third-order valence-electron chi connectivity index (χ3n) is 7.77. The molecule has 44 heavy (non-hydrogen) atoms. The summed E-state index contributed by atoms with van der Waals surface area (Å²) in [4.78, 5) is 12.7. The molecule has 0 unspecified atom stereocenters. The van der Waals surface area contributed by atoms with E-state index in [1.54, 1.807) is 0 Å². The predicted molar refractivity (Wildman–Crippen MR) is 155 cm³/mol. The van der Waals surface area contributed by atoms with Crippen molar-refractivity contribution in [2.75, 3.05) is 38.5 Å². The van der Waals surface area contributed by atoms with Gasteiger partial charge in [-0.3, -0.25) is 0 Å². The quantitative estimate of drug-likeness (QED) is 0.240. The van der Waals surface area contributed by atoms with Crippen molar-refractivity contribution in [2.45, 2.75) is 44.1 Å². The van der Waals surface area contributed by atoms with Crippen molar-refractivity contribution in [3.8, 4) is 29.1 Å². The van der Waals surface area contributed by atoms with E-state index in [1.165, 1.54) is 12.1 Å². The molecule has 2 saturated heterocycles. The molecule has 1 aromatic carbocycles. The maximum atomic E-state index is 14.7. The normalized spacial score (nSPS) is 21.2. The summed E-state index contributed by atoms with van der Waals surface area (Å²) in [7, 11) is 0. The summed E-state index contributed by atoms with van der Waals surface area (Å²) in [6.07, 6.45) is -3.93. The van der Waals surface area contributed by atoms with Crippen LogP contribution >= 0.6 is 11.3 Å². The molecule has 2 aliphatic heterocycles. The molecule has 0 saturated carbocycles. The van der Waals surface area contributed by atoms with Gasteiger partial charge in [-0.25, -0.2) is 13.8 Å². The van der Waals surface area contributed by atoms with Gasteiger partial charge in [0.1, 0.15) is 34.7 Å². The van der Waals surface area contributed by atoms with Gasteiger partial charge in [-0.1, -0.05) is 6.07 Å². The van der Waals surface area contributed by atoms with Crippen molar-refractivity contribution in [1.82, 2.24) is 25.6 Å². The van der Waals surface area contributed by atoms with Crippen LogP contribution in [0.1, 0.15) is 36.9 Å². The molecule has 5 heterocycles. The summed E-state index contributed by atoms with van der Waals surface area (Å²) >= 11 is 0.778. The number of rotatable bonds is 6. The standard InChI is InChI=1S/C29H28F5N7O2S/c30-15-8-14(2-1-6-37-11-15)13-42-28-39-21-9-18(17-3-4-20(31)24-22(17)19(10-35)26(36)44-24)25(29(32,33)34)40-23(21)27(41-28)43-16-5-7-38-12-16/h3-4,9,14-16,37-38H,1-2,5-8,11-13,36H2/t14-,15-,16-/m1/s1. The Kier molecular flexibility index (Phi) is 8.40. The fourth-order valence-electron chi connectivity index (χ4n) is 5.67. The lowest BCUT2D eigenvalue weighted by molar-refractivity contribution is -0.140. The lowest BCUT2D eigenvalue weighted by Gasteiger charge is -2.23. The van der Waals surface area contributed by atoms with Crippen molar-refractivity contribution in [3.05, 3.63) is 35.3 Å². The summed E-state index contributed by atoms with van der Waals surface area (Å²) in [5, 5.41) is 15.9. The van der Waals surface area contributed by atoms with E-state index < -0.39 is 29.4 Å². The minimum absolute atomic E-state index is 0.0108. The van der Waals surface area contributed by atoms with Gasteiger partial charge in [-0.2, -0.15) is 28.4 Å². The number of halogens is 5. The van der Waals surface area contributed by atoms with E-state index >= 15 is 0 Å². The number of nitrogens with zero attached hydrogens (tertiary/aromatic N) is 4. The van der Waals surface area contributed by atoms with Gasteiger partial charge in [-0.15, -0.1) is 11.3 Å². The summed E-state index contributed by atoms with van der Waals surface area (Å²) < 4.78 is 84.7. The Labute approximate surface area is 252 Å². The highest BCUT2D eigenvalue weighted by molar-refractivity contribution is 7.23. The highest BCUT2D eigenvalue weighted by Crippen LogP contribution is 2.45. The lowest BCUT2D eigenvalue weighted by Crippen LogP contribution is -2.31. The number of hydrogen-bond donors (Lipinski definition) is 3. The van der Waals surface area contributed by atoms with Crippen molar-refractivity contribution in [3.63, 3.8) is 0 Å². The van der Waals surface area contributed by atoms with E-state index in [1.807, 2.05) is 6.07 Å². The predicted octanol–water partition coefficient (Wildman–Crippen LogP) is 5.37. The zero-order valence-electron chi connectivity index (χ0n) is 23.3. The Morgan fingerprint density at radius 1 is 1.09 bits per heavy atom. The van der Waals surface area contributed by atoms with Crippen LogP contribution in [0.5, 0.6) is 11.9 Å². The molecule has 0 radical (unpaired) electrons. The number of nitrogens with two attached hydrogens (primary N) is 1. The van der Waals surface area contributed by atoms with Crippen LogP contribution in [0.3, 0.4) is 0 Å². The largest absolute Gasteiger partial charge is 0.471 e. The molecule has 0 bridgehead atoms. The zero-order chi connectivity index (χ0) is 31.0. The number of alkyl halides is 4. The molecule has 3 aromatic heterocycles. The number of pyridine rings is 1. The first-order valence-electron chi connectivity index (χ1n) is 14.2. The van der Waals surface area contributed by atoms with Gasteiger partial charge < -0.3 is 25.8 Å². The van der Waals surface area contributed by atoms with E-state index in [4.69, 9.17) is 15.2 Å². The molecule has 0 amide bonds. The number of nitrogens with one attached hydrogen (secondary N) is 2. The molecule has 2 fully saturated rings. The highest BCUT2D eigenvalue weighted by atomic mass is 32.1. The maximum Gasteiger partial charge on any atom is 0.433 e. The smallest absolute Gasteiger partial charge is 0.433 e. The minimum atomic E-state index is -4.95. The molecule has 0 aliphatic carbocycles. The summed E-state index contributed by atoms with van der Waals surface area (Å²) in [6, 6.07) is 5.09. The molecular formula is C29H28F5N7O2S. The van der Waals surface area contributed by atoms with E-state index in [2.05, 4.69) is 25.6 Å². The maximum absolute atomic E-state index is 14.7. The van der Waals surface area contributed by atoms with Gasteiger partial charge >= 0.3 is 12.2 Å². The van der Waals surface area contributed by atoms with Crippen LogP contribution in [-0.4, -0.2) is 60.0 Å². The highest BCUT2D eigenvalue weighted by Gasteiger charge is 2.38. The second-order valence-electron chi connectivity index (χ2n) is 10.9. The monoisotopic (exact) mass is 633 g/mol. The van der Waals surface area contributed by atoms with Crippen LogP contribution in [-0.2, 0) is 6.18 Å². The molecule has 6 rings (SSSR count). The first-order valence-corrected chi connectivity index (χ1v) is 15.0. The van der Waals surface area contributed by atoms with Crippen LogP contribution in [0.25, 0.3) is 32.2 Å². The Morgan fingerprint density at radius 3 is 2.66 bits per heavy atom. The summed E-state index contributed by atoms with van der Waals surface area (Å²) in [5.41, 5.74) is 3.79. The third kappa shape index (κ3) is 6.06. The Hall–Kier alpha value is -3.87. The van der Waals surface area contributed by atoms with E-state index in [0.717, 1.165) is 23.8 Å². The van der Waals surface area contributed by atoms with Gasteiger partial charge in [0.25, 0.3) is 0 Å². The van der Waals surface area contributed by atoms with Crippen molar-refractivity contribution in [2.24, 2.45) is 5.92 Å². The molecule has 4 N–H and O–H groups in total. The number of hydrogen-bond acceptors (Lipinski definition) is 10. The van der Waals surface area contributed by atoms with Crippen LogP contribution in [0.4, 0.5) is 27.0 Å². The Bertz CT molecular complexity index is 1740. The van der Waals surface area contributed by atoms with Crippen molar-refractivity contribution >= 4 is 37.5 Å². The van der Waals surface area contributed by atoms with Crippen LogP contribution in [0, 0.1) is 23.1 Å². The molecule has 0 spiro atoms. The minimum Gasteiger partial charge on any atom is -0.471 e. The van der Waals surface area contributed by atoms with Gasteiger partial charge in [0.15, 0.2) is 11.2 Å². The number of anilines is 1. The van der Waals surface area contributed by atoms with E-state index in [9.17, 15) is 27.2 Å². The van der Waals surface area contributed by atoms with Gasteiger partial charge in [0, 0.05) is 24.0 Å². The van der Waals surface area contributed by atoms with Gasteiger partial charge in [0.05, 0.1) is 16.9 Å². The SMILES string of the molecule is N#Cc1c(N)sc2c(F)ccc(-c3cc4nc(OC[C@@H]5CCCNC[C@H](F)C5)nc(O[C@@H]5CCNC5)c4nc3C(F)(F)F)c12. The van der Waals surface area contributed by atoms with Gasteiger partial charge in [0.2, 0.25) is 5.88 Å². The number of aromatic nitrogens is 3. The second kappa shape index (κ2) is 12.3. The summed E-state index contributed by atoms with van der Waals surface area (Å²) in [5.74, 6) is -1.01. The van der Waals surface area contributed by atoms with Crippen LogP contribution in [0.2, 0.25) is 0 Å². The average molecular weight is 634 g/mol. The van der Waals surface area contributed by atoms with Crippen molar-refractivity contribution in [1.29, 1.82) is 5.26 Å². The fraction of sp³-hybridized carbons (Fsp3) is 0.448. The number of benzene rings is 1. The Morgan fingerprint density at radius 2 is 1.91 bits per heavy atom. The lowest BCUT2D eigenvalue weighted by atomic mass is 9.96. The zero-order valence-corrected chi connectivity index (χ0v) is 24.1. The van der Waals surface area contributed by atoms with Crippen molar-refractivity contribution < 1.29 is 31.4 Å². The number of ether oxygens (including phenoxy) is 2. The molecule has 3 atom stereocenters. The molecule has 232 valence electrons. The molecule has 15 heteroatoms. The van der Waals surface area contributed by atoms with E-state index in [-0.39, 0.29) is 80.7 Å². The number of nitriles is 1. The fourth-order valence-corrected chi connectivity index (χ4v) is 6.62. The van der Waals surface area contributed by atoms with E-state index in [0.29, 0.717) is 32.5 Å². The first-order chi connectivity index (χ1) is 21.1. The Balaban J connectivity index is 1.49. The molecular weight excluding hydrogens is 605 g/mol. The summed E-state index contributed by atoms with van der Waals surface area (Å²) in [6.45, 7) is 2.17. The average Bonchev–Trinajstić information content (AvgIpc) is 3.60. The third-order valence-corrected chi connectivity index (χ3v) is 8.80. The topological polar surface area (TPSA) is 131 Å². The molecule has 4 aromatic rings. The molecule has 9 nitrogen and oxygen atoms in total. The van der Waals surface area contributed by atoms with Crippen LogP contribution < -0.4 is 25.8 Å². The number of thiophene rings is 1. The first kappa shape index (κ1) is 30.2. The van der Waals surface area contributed by atoms with Crippen LogP contribution in [0.15, 0.2) is 18.2 Å². The molecule has 2 aliphatic rings.